The number of nitrogens with two attached hydrogens (primary N) is 1. The molecule has 0 aromatic heterocycles. The van der Waals surface area contributed by atoms with Crippen molar-refractivity contribution in [3.8, 4) is 0 Å². The van der Waals surface area contributed by atoms with Crippen molar-refractivity contribution in [1.29, 1.82) is 0 Å². The first-order chi connectivity index (χ1) is 7.77. The van der Waals surface area contributed by atoms with E-state index in [0.29, 0.717) is 6.04 Å². The quantitative estimate of drug-likeness (QED) is 0.722. The lowest BCUT2D eigenvalue weighted by atomic mass is 9.90. The van der Waals surface area contributed by atoms with Gasteiger partial charge in [0.15, 0.2) is 0 Å². The molecule has 2 atom stereocenters. The third-order valence-electron chi connectivity index (χ3n) is 3.80. The molecule has 96 valence electrons. The van der Waals surface area contributed by atoms with E-state index in [4.69, 9.17) is 5.73 Å². The standard InChI is InChI=1S/C14H30N2/c1-3-5-10-16(11-6-4-2)14-9-7-8-13(15)12-14/h13-14H,3-12,15H2,1-2H3. The summed E-state index contributed by atoms with van der Waals surface area (Å²) >= 11 is 0. The van der Waals surface area contributed by atoms with Crippen LogP contribution in [0.1, 0.15) is 65.2 Å². The smallest absolute Gasteiger partial charge is 0.0110 e. The van der Waals surface area contributed by atoms with Gasteiger partial charge in [0.2, 0.25) is 0 Å². The normalized spacial score (nSPS) is 26.2. The summed E-state index contributed by atoms with van der Waals surface area (Å²) in [6.07, 6.45) is 10.5. The average Bonchev–Trinajstić information content (AvgIpc) is 2.29. The fourth-order valence-electron chi connectivity index (χ4n) is 2.73. The van der Waals surface area contributed by atoms with Gasteiger partial charge in [-0.05, 0) is 45.2 Å². The predicted octanol–water partition coefficient (Wildman–Crippen LogP) is 3.16. The van der Waals surface area contributed by atoms with Crippen molar-refractivity contribution >= 4 is 0 Å². The van der Waals surface area contributed by atoms with Crippen molar-refractivity contribution in [3.05, 3.63) is 0 Å². The SMILES string of the molecule is CCCCN(CCCC)C1CCCC(N)C1. The summed E-state index contributed by atoms with van der Waals surface area (Å²) in [7, 11) is 0. The third-order valence-corrected chi connectivity index (χ3v) is 3.80. The number of unbranched alkanes of at least 4 members (excludes halogenated alkanes) is 2. The van der Waals surface area contributed by atoms with E-state index in [0.717, 1.165) is 6.04 Å². The average molecular weight is 226 g/mol. The number of nitrogens with zero attached hydrogens (tertiary/aromatic N) is 1. The van der Waals surface area contributed by atoms with Gasteiger partial charge in [0.05, 0.1) is 0 Å². The van der Waals surface area contributed by atoms with Crippen LogP contribution in [0.4, 0.5) is 0 Å². The maximum Gasteiger partial charge on any atom is 0.0110 e. The zero-order valence-electron chi connectivity index (χ0n) is 11.3. The van der Waals surface area contributed by atoms with Gasteiger partial charge in [0.25, 0.3) is 0 Å². The molecular weight excluding hydrogens is 196 g/mol. The van der Waals surface area contributed by atoms with Crippen LogP contribution in [-0.4, -0.2) is 30.1 Å². The molecule has 0 amide bonds. The molecule has 1 saturated carbocycles. The second-order valence-electron chi connectivity index (χ2n) is 5.32. The second kappa shape index (κ2) is 8.08. The molecule has 1 fully saturated rings. The molecule has 0 aromatic carbocycles. The van der Waals surface area contributed by atoms with E-state index >= 15 is 0 Å². The molecule has 0 spiro atoms. The lowest BCUT2D eigenvalue weighted by Crippen LogP contribution is -2.43. The molecule has 1 aliphatic rings. The van der Waals surface area contributed by atoms with E-state index in [9.17, 15) is 0 Å². The second-order valence-corrected chi connectivity index (χ2v) is 5.32. The minimum Gasteiger partial charge on any atom is -0.328 e. The van der Waals surface area contributed by atoms with Gasteiger partial charge in [-0.1, -0.05) is 33.1 Å². The predicted molar refractivity (Wildman–Crippen MR) is 71.6 cm³/mol. The van der Waals surface area contributed by atoms with E-state index in [-0.39, 0.29) is 0 Å². The van der Waals surface area contributed by atoms with Crippen LogP contribution >= 0.6 is 0 Å². The summed E-state index contributed by atoms with van der Waals surface area (Å²) in [5.41, 5.74) is 6.09. The largest absolute Gasteiger partial charge is 0.328 e. The maximum atomic E-state index is 6.09. The molecule has 0 saturated heterocycles. The molecule has 0 heterocycles. The topological polar surface area (TPSA) is 29.3 Å². The minimum absolute atomic E-state index is 0.463. The number of hydrogen-bond donors (Lipinski definition) is 1. The zero-order valence-corrected chi connectivity index (χ0v) is 11.3. The van der Waals surface area contributed by atoms with E-state index < -0.39 is 0 Å². The van der Waals surface area contributed by atoms with Gasteiger partial charge in [-0.15, -0.1) is 0 Å². The Balaban J connectivity index is 2.38. The van der Waals surface area contributed by atoms with Crippen molar-refractivity contribution in [3.63, 3.8) is 0 Å². The Labute approximate surface area is 102 Å². The molecule has 2 nitrogen and oxygen atoms in total. The van der Waals surface area contributed by atoms with Crippen LogP contribution in [0.3, 0.4) is 0 Å². The maximum absolute atomic E-state index is 6.09. The monoisotopic (exact) mass is 226 g/mol. The van der Waals surface area contributed by atoms with Gasteiger partial charge in [0, 0.05) is 12.1 Å². The van der Waals surface area contributed by atoms with Gasteiger partial charge in [-0.25, -0.2) is 0 Å². The Bertz CT molecular complexity index is 162. The summed E-state index contributed by atoms with van der Waals surface area (Å²) in [5.74, 6) is 0. The molecule has 2 unspecified atom stereocenters. The van der Waals surface area contributed by atoms with Gasteiger partial charge < -0.3 is 10.6 Å². The fraction of sp³-hybridized carbons (Fsp3) is 1.00. The molecule has 2 N–H and O–H groups in total. The Hall–Kier alpha value is -0.0800. The van der Waals surface area contributed by atoms with Crippen LogP contribution in [0, 0.1) is 0 Å². The molecule has 0 bridgehead atoms. The molecule has 1 aliphatic carbocycles. The van der Waals surface area contributed by atoms with Gasteiger partial charge in [0.1, 0.15) is 0 Å². The van der Waals surface area contributed by atoms with Crippen LogP contribution in [0.15, 0.2) is 0 Å². The Morgan fingerprint density at radius 2 is 1.69 bits per heavy atom. The molecule has 0 aliphatic heterocycles. The molecule has 1 rings (SSSR count). The highest BCUT2D eigenvalue weighted by molar-refractivity contribution is 4.82. The highest BCUT2D eigenvalue weighted by Crippen LogP contribution is 2.22. The summed E-state index contributed by atoms with van der Waals surface area (Å²) in [6.45, 7) is 7.14. The van der Waals surface area contributed by atoms with Crippen LogP contribution in [0.2, 0.25) is 0 Å². The molecular formula is C14H30N2. The van der Waals surface area contributed by atoms with E-state index in [1.165, 1.54) is 64.5 Å². The summed E-state index contributed by atoms with van der Waals surface area (Å²) < 4.78 is 0. The zero-order chi connectivity index (χ0) is 11.8. The van der Waals surface area contributed by atoms with Crippen molar-refractivity contribution in [2.24, 2.45) is 5.73 Å². The summed E-state index contributed by atoms with van der Waals surface area (Å²) in [4.78, 5) is 2.71. The molecule has 16 heavy (non-hydrogen) atoms. The molecule has 0 aromatic rings. The van der Waals surface area contributed by atoms with Crippen molar-refractivity contribution in [1.82, 2.24) is 4.90 Å². The van der Waals surface area contributed by atoms with Crippen LogP contribution in [0.5, 0.6) is 0 Å². The van der Waals surface area contributed by atoms with Gasteiger partial charge in [-0.2, -0.15) is 0 Å². The van der Waals surface area contributed by atoms with E-state index in [1.807, 2.05) is 0 Å². The van der Waals surface area contributed by atoms with Crippen molar-refractivity contribution in [2.45, 2.75) is 77.3 Å². The van der Waals surface area contributed by atoms with Gasteiger partial charge >= 0.3 is 0 Å². The molecule has 0 radical (unpaired) electrons. The third kappa shape index (κ3) is 4.84. The fourth-order valence-corrected chi connectivity index (χ4v) is 2.73. The van der Waals surface area contributed by atoms with Crippen LogP contribution < -0.4 is 5.73 Å². The van der Waals surface area contributed by atoms with Crippen LogP contribution in [0.25, 0.3) is 0 Å². The van der Waals surface area contributed by atoms with E-state index in [2.05, 4.69) is 18.7 Å². The van der Waals surface area contributed by atoms with E-state index in [1.54, 1.807) is 0 Å². The minimum atomic E-state index is 0.463. The highest BCUT2D eigenvalue weighted by Gasteiger charge is 2.23. The first-order valence-corrected chi connectivity index (χ1v) is 7.27. The highest BCUT2D eigenvalue weighted by atomic mass is 15.2. The van der Waals surface area contributed by atoms with Gasteiger partial charge in [-0.3, -0.25) is 0 Å². The lowest BCUT2D eigenvalue weighted by Gasteiger charge is -2.36. The summed E-state index contributed by atoms with van der Waals surface area (Å²) in [6, 6.07) is 1.24. The Morgan fingerprint density at radius 3 is 2.19 bits per heavy atom. The Kier molecular flexibility index (Phi) is 7.06. The van der Waals surface area contributed by atoms with Crippen LogP contribution in [-0.2, 0) is 0 Å². The lowest BCUT2D eigenvalue weighted by molar-refractivity contribution is 0.143. The first-order valence-electron chi connectivity index (χ1n) is 7.27. The number of hydrogen-bond acceptors (Lipinski definition) is 2. The van der Waals surface area contributed by atoms with Crippen molar-refractivity contribution < 1.29 is 0 Å². The first kappa shape index (κ1) is 14.0. The molecule has 2 heteroatoms. The van der Waals surface area contributed by atoms with Crippen molar-refractivity contribution in [2.75, 3.05) is 13.1 Å². The summed E-state index contributed by atoms with van der Waals surface area (Å²) in [5, 5.41) is 0. The Morgan fingerprint density at radius 1 is 1.06 bits per heavy atom. The number of rotatable bonds is 7.